The molecule has 2 heteroatoms. The number of carbonyl (C=O) groups is 1. The van der Waals surface area contributed by atoms with E-state index < -0.39 is 0 Å². The Hall–Kier alpha value is -0.370. The summed E-state index contributed by atoms with van der Waals surface area (Å²) in [6, 6.07) is 0. The van der Waals surface area contributed by atoms with Crippen LogP contribution in [-0.2, 0) is 9.53 Å². The average molecular weight is 226 g/mol. The van der Waals surface area contributed by atoms with Gasteiger partial charge in [0.05, 0.1) is 12.2 Å². The van der Waals surface area contributed by atoms with Crippen LogP contribution >= 0.6 is 0 Å². The van der Waals surface area contributed by atoms with E-state index in [2.05, 4.69) is 6.92 Å². The van der Waals surface area contributed by atoms with Crippen LogP contribution in [0.25, 0.3) is 0 Å². The molecule has 0 aromatic rings. The highest BCUT2D eigenvalue weighted by molar-refractivity contribution is 5.75. The van der Waals surface area contributed by atoms with Gasteiger partial charge in [-0.15, -0.1) is 0 Å². The molecule has 1 fully saturated rings. The second kappa shape index (κ2) is 7.83. The monoisotopic (exact) mass is 226 g/mol. The van der Waals surface area contributed by atoms with E-state index in [0.717, 1.165) is 6.42 Å². The van der Waals surface area contributed by atoms with Gasteiger partial charge in [0.15, 0.2) is 0 Å². The lowest BCUT2D eigenvalue weighted by Gasteiger charge is -2.29. The van der Waals surface area contributed by atoms with Gasteiger partial charge in [0.1, 0.15) is 5.78 Å². The molecule has 1 saturated heterocycles. The van der Waals surface area contributed by atoms with Crippen molar-refractivity contribution in [1.82, 2.24) is 0 Å². The molecule has 2 atom stereocenters. The molecular formula is C14H26O2. The minimum absolute atomic E-state index is 0.211. The fourth-order valence-electron chi connectivity index (χ4n) is 2.46. The van der Waals surface area contributed by atoms with Crippen LogP contribution in [0.15, 0.2) is 0 Å². The van der Waals surface area contributed by atoms with E-state index in [1.165, 1.54) is 44.9 Å². The van der Waals surface area contributed by atoms with Crippen molar-refractivity contribution in [2.45, 2.75) is 83.8 Å². The SMILES string of the molecule is CCCCCC[C@H]1CCC[C@H](CC(C)=O)O1. The highest BCUT2D eigenvalue weighted by atomic mass is 16.5. The molecule has 0 aliphatic carbocycles. The van der Waals surface area contributed by atoms with Crippen LogP contribution in [0, 0.1) is 0 Å². The molecule has 0 spiro atoms. The van der Waals surface area contributed by atoms with E-state index in [9.17, 15) is 4.79 Å². The normalized spacial score (nSPS) is 25.6. The fraction of sp³-hybridized carbons (Fsp3) is 0.929. The van der Waals surface area contributed by atoms with Crippen molar-refractivity contribution in [2.24, 2.45) is 0 Å². The summed E-state index contributed by atoms with van der Waals surface area (Å²) in [4.78, 5) is 11.0. The van der Waals surface area contributed by atoms with Crippen LogP contribution < -0.4 is 0 Å². The number of Topliss-reactive ketones (excluding diaryl/α,β-unsaturated/α-hetero) is 1. The maximum Gasteiger partial charge on any atom is 0.132 e. The summed E-state index contributed by atoms with van der Waals surface area (Å²) in [5.74, 6) is 0.261. The lowest BCUT2D eigenvalue weighted by Crippen LogP contribution is -2.29. The second-order valence-electron chi connectivity index (χ2n) is 5.07. The van der Waals surface area contributed by atoms with E-state index in [1.807, 2.05) is 0 Å². The van der Waals surface area contributed by atoms with E-state index in [1.54, 1.807) is 6.92 Å². The lowest BCUT2D eigenvalue weighted by molar-refractivity contribution is -0.123. The topological polar surface area (TPSA) is 26.3 Å². The highest BCUT2D eigenvalue weighted by Gasteiger charge is 2.22. The van der Waals surface area contributed by atoms with Crippen LogP contribution in [0.4, 0.5) is 0 Å². The largest absolute Gasteiger partial charge is 0.375 e. The molecule has 0 aromatic heterocycles. The molecule has 0 aromatic carbocycles. The van der Waals surface area contributed by atoms with Gasteiger partial charge in [0.2, 0.25) is 0 Å². The fourth-order valence-corrected chi connectivity index (χ4v) is 2.46. The van der Waals surface area contributed by atoms with Gasteiger partial charge in [0.25, 0.3) is 0 Å². The number of carbonyl (C=O) groups excluding carboxylic acids is 1. The number of hydrogen-bond donors (Lipinski definition) is 0. The summed E-state index contributed by atoms with van der Waals surface area (Å²) in [5, 5.41) is 0. The molecule has 0 bridgehead atoms. The first-order chi connectivity index (χ1) is 7.72. The number of ketones is 1. The molecule has 0 saturated carbocycles. The van der Waals surface area contributed by atoms with Gasteiger partial charge in [-0.2, -0.15) is 0 Å². The Balaban J connectivity index is 2.14. The van der Waals surface area contributed by atoms with Gasteiger partial charge in [0, 0.05) is 6.42 Å². The Morgan fingerprint density at radius 3 is 2.62 bits per heavy atom. The molecule has 1 aliphatic rings. The van der Waals surface area contributed by atoms with E-state index in [0.29, 0.717) is 12.5 Å². The summed E-state index contributed by atoms with van der Waals surface area (Å²) in [5.41, 5.74) is 0. The molecule has 1 heterocycles. The average Bonchev–Trinajstić information content (AvgIpc) is 2.24. The van der Waals surface area contributed by atoms with Crippen LogP contribution in [-0.4, -0.2) is 18.0 Å². The van der Waals surface area contributed by atoms with Crippen molar-refractivity contribution in [3.8, 4) is 0 Å². The smallest absolute Gasteiger partial charge is 0.132 e. The van der Waals surface area contributed by atoms with Crippen molar-refractivity contribution < 1.29 is 9.53 Å². The van der Waals surface area contributed by atoms with Crippen LogP contribution in [0.5, 0.6) is 0 Å². The van der Waals surface area contributed by atoms with Gasteiger partial charge in [-0.3, -0.25) is 4.79 Å². The summed E-state index contributed by atoms with van der Waals surface area (Å²) >= 11 is 0. The predicted octanol–water partition coefficient (Wildman–Crippen LogP) is 3.87. The lowest BCUT2D eigenvalue weighted by atomic mass is 9.97. The number of unbranched alkanes of at least 4 members (excludes halogenated alkanes) is 3. The van der Waals surface area contributed by atoms with E-state index in [-0.39, 0.29) is 11.9 Å². The molecule has 94 valence electrons. The molecule has 0 radical (unpaired) electrons. The minimum Gasteiger partial charge on any atom is -0.375 e. The molecule has 0 unspecified atom stereocenters. The first kappa shape index (κ1) is 13.7. The molecule has 1 rings (SSSR count). The summed E-state index contributed by atoms with van der Waals surface area (Å²) in [6.45, 7) is 3.90. The molecule has 0 N–H and O–H groups in total. The zero-order valence-electron chi connectivity index (χ0n) is 10.8. The van der Waals surface area contributed by atoms with Crippen molar-refractivity contribution in [1.29, 1.82) is 0 Å². The van der Waals surface area contributed by atoms with Crippen LogP contribution in [0.3, 0.4) is 0 Å². The summed E-state index contributed by atoms with van der Waals surface area (Å²) in [6.07, 6.45) is 11.2. The zero-order valence-corrected chi connectivity index (χ0v) is 10.8. The van der Waals surface area contributed by atoms with Crippen LogP contribution in [0.1, 0.15) is 71.6 Å². The standard InChI is InChI=1S/C14H26O2/c1-3-4-5-6-8-13-9-7-10-14(16-13)11-12(2)15/h13-14H,3-11H2,1-2H3/t13-,14+/m0/s1. The van der Waals surface area contributed by atoms with Gasteiger partial charge in [-0.1, -0.05) is 32.6 Å². The van der Waals surface area contributed by atoms with Crippen molar-refractivity contribution in [3.05, 3.63) is 0 Å². The van der Waals surface area contributed by atoms with Crippen molar-refractivity contribution in [2.75, 3.05) is 0 Å². The van der Waals surface area contributed by atoms with Crippen molar-refractivity contribution in [3.63, 3.8) is 0 Å². The van der Waals surface area contributed by atoms with Crippen molar-refractivity contribution >= 4 is 5.78 Å². The number of rotatable bonds is 7. The van der Waals surface area contributed by atoms with Gasteiger partial charge in [-0.25, -0.2) is 0 Å². The quantitative estimate of drug-likeness (QED) is 0.616. The number of ether oxygens (including phenoxy) is 1. The van der Waals surface area contributed by atoms with Crippen LogP contribution in [0.2, 0.25) is 0 Å². The van der Waals surface area contributed by atoms with Gasteiger partial charge in [-0.05, 0) is 32.6 Å². The first-order valence-electron chi connectivity index (χ1n) is 6.87. The molecule has 16 heavy (non-hydrogen) atoms. The summed E-state index contributed by atoms with van der Waals surface area (Å²) < 4.78 is 5.96. The Kier molecular flexibility index (Phi) is 6.70. The maximum atomic E-state index is 11.0. The van der Waals surface area contributed by atoms with E-state index in [4.69, 9.17) is 4.74 Å². The Bertz CT molecular complexity index is 201. The predicted molar refractivity (Wildman–Crippen MR) is 66.6 cm³/mol. The molecule has 2 nitrogen and oxygen atoms in total. The Morgan fingerprint density at radius 1 is 1.19 bits per heavy atom. The zero-order chi connectivity index (χ0) is 11.8. The molecule has 0 amide bonds. The van der Waals surface area contributed by atoms with Gasteiger partial charge < -0.3 is 4.74 Å². The molecular weight excluding hydrogens is 200 g/mol. The first-order valence-corrected chi connectivity index (χ1v) is 6.87. The minimum atomic E-state index is 0.211. The Labute approximate surface area is 99.8 Å². The third-order valence-corrected chi connectivity index (χ3v) is 3.33. The summed E-state index contributed by atoms with van der Waals surface area (Å²) in [7, 11) is 0. The molecule has 1 aliphatic heterocycles. The van der Waals surface area contributed by atoms with E-state index >= 15 is 0 Å². The highest BCUT2D eigenvalue weighted by Crippen LogP contribution is 2.24. The number of hydrogen-bond acceptors (Lipinski definition) is 2. The third kappa shape index (κ3) is 5.64. The third-order valence-electron chi connectivity index (χ3n) is 3.33. The maximum absolute atomic E-state index is 11.0. The van der Waals surface area contributed by atoms with Gasteiger partial charge >= 0.3 is 0 Å². The second-order valence-corrected chi connectivity index (χ2v) is 5.07. The Morgan fingerprint density at radius 2 is 1.94 bits per heavy atom.